The highest BCUT2D eigenvalue weighted by Crippen LogP contribution is 2.14. The van der Waals surface area contributed by atoms with Crippen molar-refractivity contribution in [3.63, 3.8) is 0 Å². The third kappa shape index (κ3) is 5.14. The first-order valence-electron chi connectivity index (χ1n) is 6.23. The Bertz CT molecular complexity index is 343. The lowest BCUT2D eigenvalue weighted by Crippen LogP contribution is -2.08. The fourth-order valence-electron chi connectivity index (χ4n) is 1.29. The third-order valence-electron chi connectivity index (χ3n) is 2.09. The monoisotopic (exact) mass is 251 g/mol. The van der Waals surface area contributed by atoms with Gasteiger partial charge in [-0.2, -0.15) is 4.98 Å². The second kappa shape index (κ2) is 8.47. The standard InChI is InChI=1S/C13H21N3O2/c1-4-7-14-11-9-13(18-8-5-2)16-12(15-11)10-17-6-3/h5,9H,2,4,6-8,10H2,1,3H3,(H,14,15,16). The van der Waals surface area contributed by atoms with Crippen LogP contribution in [-0.2, 0) is 11.3 Å². The van der Waals surface area contributed by atoms with E-state index >= 15 is 0 Å². The molecular weight excluding hydrogens is 230 g/mol. The molecule has 0 atom stereocenters. The van der Waals surface area contributed by atoms with Crippen molar-refractivity contribution in [2.75, 3.05) is 25.1 Å². The molecule has 0 saturated carbocycles. The summed E-state index contributed by atoms with van der Waals surface area (Å²) in [5, 5.41) is 3.22. The topological polar surface area (TPSA) is 56.3 Å². The second-order valence-electron chi connectivity index (χ2n) is 3.67. The predicted molar refractivity (Wildman–Crippen MR) is 71.8 cm³/mol. The van der Waals surface area contributed by atoms with E-state index in [1.807, 2.05) is 6.92 Å². The molecule has 1 rings (SSSR count). The normalized spacial score (nSPS) is 10.1. The number of hydrogen-bond donors (Lipinski definition) is 1. The van der Waals surface area contributed by atoms with Crippen molar-refractivity contribution in [1.82, 2.24) is 9.97 Å². The number of nitrogens with zero attached hydrogens (tertiary/aromatic N) is 2. The minimum absolute atomic E-state index is 0.391. The maximum absolute atomic E-state index is 5.43. The van der Waals surface area contributed by atoms with Crippen LogP contribution in [0.1, 0.15) is 26.1 Å². The molecule has 1 aromatic heterocycles. The molecule has 0 amide bonds. The van der Waals surface area contributed by atoms with Crippen LogP contribution in [0.2, 0.25) is 0 Å². The van der Waals surface area contributed by atoms with E-state index in [1.165, 1.54) is 0 Å². The van der Waals surface area contributed by atoms with Crippen LogP contribution in [0, 0.1) is 0 Å². The van der Waals surface area contributed by atoms with Crippen molar-refractivity contribution in [1.29, 1.82) is 0 Å². The number of ether oxygens (including phenoxy) is 2. The lowest BCUT2D eigenvalue weighted by molar-refractivity contribution is 0.127. The summed E-state index contributed by atoms with van der Waals surface area (Å²) in [6, 6.07) is 1.79. The molecule has 0 aliphatic carbocycles. The molecule has 18 heavy (non-hydrogen) atoms. The van der Waals surface area contributed by atoms with E-state index in [0.717, 1.165) is 18.8 Å². The molecule has 0 spiro atoms. The molecule has 5 heteroatoms. The molecule has 5 nitrogen and oxygen atoms in total. The van der Waals surface area contributed by atoms with Crippen LogP contribution >= 0.6 is 0 Å². The van der Waals surface area contributed by atoms with Crippen LogP contribution in [0.25, 0.3) is 0 Å². The average molecular weight is 251 g/mol. The molecule has 1 N–H and O–H groups in total. The second-order valence-corrected chi connectivity index (χ2v) is 3.67. The van der Waals surface area contributed by atoms with Crippen LogP contribution in [-0.4, -0.2) is 29.7 Å². The first-order valence-corrected chi connectivity index (χ1v) is 6.23. The van der Waals surface area contributed by atoms with Gasteiger partial charge in [-0.25, -0.2) is 4.98 Å². The molecule has 0 aromatic carbocycles. The van der Waals surface area contributed by atoms with Gasteiger partial charge in [0.2, 0.25) is 5.88 Å². The summed E-state index contributed by atoms with van der Waals surface area (Å²) in [5.74, 6) is 1.93. The number of nitrogens with one attached hydrogen (secondary N) is 1. The molecule has 0 saturated heterocycles. The summed E-state index contributed by atoms with van der Waals surface area (Å²) < 4.78 is 10.7. The van der Waals surface area contributed by atoms with E-state index in [0.29, 0.717) is 31.5 Å². The van der Waals surface area contributed by atoms with E-state index in [4.69, 9.17) is 9.47 Å². The van der Waals surface area contributed by atoms with Gasteiger partial charge in [-0.15, -0.1) is 0 Å². The van der Waals surface area contributed by atoms with Crippen molar-refractivity contribution >= 4 is 5.82 Å². The summed E-state index contributed by atoms with van der Waals surface area (Å²) >= 11 is 0. The van der Waals surface area contributed by atoms with Crippen LogP contribution in [0.5, 0.6) is 5.88 Å². The van der Waals surface area contributed by atoms with Crippen LogP contribution in [0.15, 0.2) is 18.7 Å². The number of anilines is 1. The van der Waals surface area contributed by atoms with Gasteiger partial charge >= 0.3 is 0 Å². The maximum atomic E-state index is 5.43. The Hall–Kier alpha value is -1.62. The highest BCUT2D eigenvalue weighted by molar-refractivity contribution is 5.38. The largest absolute Gasteiger partial charge is 0.473 e. The van der Waals surface area contributed by atoms with E-state index < -0.39 is 0 Å². The Morgan fingerprint density at radius 2 is 2.22 bits per heavy atom. The van der Waals surface area contributed by atoms with Gasteiger partial charge in [0.25, 0.3) is 0 Å². The SMILES string of the molecule is C=CCOc1cc(NCCC)nc(COCC)n1. The Morgan fingerprint density at radius 3 is 2.89 bits per heavy atom. The summed E-state index contributed by atoms with van der Waals surface area (Å²) in [7, 11) is 0. The van der Waals surface area contributed by atoms with Crippen molar-refractivity contribution < 1.29 is 9.47 Å². The summed E-state index contributed by atoms with van der Waals surface area (Å²) in [6.07, 6.45) is 2.72. The van der Waals surface area contributed by atoms with E-state index in [1.54, 1.807) is 12.1 Å². The lowest BCUT2D eigenvalue weighted by atomic mass is 10.4. The van der Waals surface area contributed by atoms with E-state index in [-0.39, 0.29) is 0 Å². The average Bonchev–Trinajstić information content (AvgIpc) is 2.40. The Labute approximate surface area is 108 Å². The van der Waals surface area contributed by atoms with Gasteiger partial charge in [-0.1, -0.05) is 19.6 Å². The van der Waals surface area contributed by atoms with Crippen LogP contribution in [0.3, 0.4) is 0 Å². The minimum Gasteiger partial charge on any atom is -0.473 e. The van der Waals surface area contributed by atoms with Gasteiger partial charge in [0.1, 0.15) is 19.0 Å². The molecular formula is C13H21N3O2. The Balaban J connectivity index is 2.77. The van der Waals surface area contributed by atoms with Crippen molar-refractivity contribution in [2.45, 2.75) is 26.9 Å². The number of aromatic nitrogens is 2. The molecule has 0 radical (unpaired) electrons. The van der Waals surface area contributed by atoms with Crippen LogP contribution < -0.4 is 10.1 Å². The summed E-state index contributed by atoms with van der Waals surface area (Å²) in [4.78, 5) is 8.63. The zero-order valence-corrected chi connectivity index (χ0v) is 11.1. The van der Waals surface area contributed by atoms with Gasteiger partial charge in [0.15, 0.2) is 5.82 Å². The molecule has 0 bridgehead atoms. The zero-order valence-electron chi connectivity index (χ0n) is 11.1. The van der Waals surface area contributed by atoms with Crippen molar-refractivity contribution in [3.05, 3.63) is 24.5 Å². The van der Waals surface area contributed by atoms with Gasteiger partial charge in [0, 0.05) is 19.2 Å². The molecule has 0 unspecified atom stereocenters. The van der Waals surface area contributed by atoms with Crippen LogP contribution in [0.4, 0.5) is 5.82 Å². The molecule has 100 valence electrons. The fraction of sp³-hybridized carbons (Fsp3) is 0.538. The predicted octanol–water partition coefficient (Wildman–Crippen LogP) is 2.40. The highest BCUT2D eigenvalue weighted by Gasteiger charge is 2.05. The van der Waals surface area contributed by atoms with Gasteiger partial charge < -0.3 is 14.8 Å². The number of hydrogen-bond acceptors (Lipinski definition) is 5. The number of rotatable bonds is 9. The third-order valence-corrected chi connectivity index (χ3v) is 2.09. The first kappa shape index (κ1) is 14.4. The smallest absolute Gasteiger partial charge is 0.219 e. The minimum atomic E-state index is 0.391. The quantitative estimate of drug-likeness (QED) is 0.683. The molecule has 0 aliphatic rings. The molecule has 0 fully saturated rings. The Kier molecular flexibility index (Phi) is 6.79. The van der Waals surface area contributed by atoms with Gasteiger partial charge in [0.05, 0.1) is 0 Å². The molecule has 1 aromatic rings. The molecule has 0 aliphatic heterocycles. The van der Waals surface area contributed by atoms with E-state index in [9.17, 15) is 0 Å². The highest BCUT2D eigenvalue weighted by atomic mass is 16.5. The van der Waals surface area contributed by atoms with Gasteiger partial charge in [-0.3, -0.25) is 0 Å². The van der Waals surface area contributed by atoms with Crippen molar-refractivity contribution in [3.8, 4) is 5.88 Å². The first-order chi connectivity index (χ1) is 8.80. The zero-order chi connectivity index (χ0) is 13.2. The van der Waals surface area contributed by atoms with Gasteiger partial charge in [-0.05, 0) is 13.3 Å². The maximum Gasteiger partial charge on any atom is 0.219 e. The Morgan fingerprint density at radius 1 is 1.39 bits per heavy atom. The lowest BCUT2D eigenvalue weighted by Gasteiger charge is -2.09. The fourth-order valence-corrected chi connectivity index (χ4v) is 1.29. The molecule has 1 heterocycles. The van der Waals surface area contributed by atoms with Crippen molar-refractivity contribution in [2.24, 2.45) is 0 Å². The summed E-state index contributed by atoms with van der Waals surface area (Å²) in [6.45, 7) is 9.98. The summed E-state index contributed by atoms with van der Waals surface area (Å²) in [5.41, 5.74) is 0. The van der Waals surface area contributed by atoms with E-state index in [2.05, 4.69) is 28.8 Å².